The molecule has 0 unspecified atom stereocenters. The summed E-state index contributed by atoms with van der Waals surface area (Å²) in [7, 11) is 1.64. The second-order valence-corrected chi connectivity index (χ2v) is 7.38. The van der Waals surface area contributed by atoms with E-state index in [0.717, 1.165) is 5.52 Å². The number of carbonyl (C=O) groups excluding carboxylic acids is 2. The van der Waals surface area contributed by atoms with Gasteiger partial charge in [0.1, 0.15) is 12.3 Å². The minimum Gasteiger partial charge on any atom is -0.492 e. The molecule has 0 saturated carbocycles. The third-order valence-corrected chi connectivity index (χ3v) is 4.92. The van der Waals surface area contributed by atoms with Gasteiger partial charge in [-0.15, -0.1) is 0 Å². The molecule has 0 aliphatic rings. The van der Waals surface area contributed by atoms with Gasteiger partial charge in [-0.25, -0.2) is 4.79 Å². The average molecular weight is 451 g/mol. The van der Waals surface area contributed by atoms with Crippen molar-refractivity contribution in [2.75, 3.05) is 6.61 Å². The monoisotopic (exact) mass is 450 g/mol. The van der Waals surface area contributed by atoms with E-state index in [-0.39, 0.29) is 31.2 Å². The molecule has 0 aliphatic heterocycles. The minimum atomic E-state index is -0.508. The topological polar surface area (TPSA) is 94.4 Å². The molecule has 0 aliphatic carbocycles. The smallest absolute Gasteiger partial charge is 0.329 e. The Morgan fingerprint density at radius 2 is 1.73 bits per heavy atom. The number of hydrogen-bond acceptors (Lipinski definition) is 4. The van der Waals surface area contributed by atoms with Gasteiger partial charge in [-0.2, -0.15) is 0 Å². The molecule has 2 amide bonds. The van der Waals surface area contributed by atoms with Crippen LogP contribution in [0.25, 0.3) is 11.0 Å². The number of ether oxygens (including phenoxy) is 1. The average Bonchev–Trinajstić information content (AvgIpc) is 2.96. The first-order valence-corrected chi connectivity index (χ1v) is 9.92. The summed E-state index contributed by atoms with van der Waals surface area (Å²) in [5.41, 5.74) is 5.71. The zero-order valence-electron chi connectivity index (χ0n) is 16.2. The lowest BCUT2D eigenvalue weighted by Gasteiger charge is -2.09. The Balaban J connectivity index is 1.43. The standard InChI is InChI=1S/C20H20Cl2N4O4/c1-25-15-5-2-3-6-16(15)26(20(25)29)12-19(28)24-23-18(27)7-4-10-30-17-9-8-13(21)11-14(17)22/h2-3,5-6,8-9,11H,4,7,10,12H2,1H3,(H,23,27)(H,24,28). The molecule has 158 valence electrons. The Morgan fingerprint density at radius 3 is 2.47 bits per heavy atom. The fourth-order valence-corrected chi connectivity index (χ4v) is 3.37. The summed E-state index contributed by atoms with van der Waals surface area (Å²) in [6.45, 7) is 0.0623. The molecule has 0 atom stereocenters. The number of imidazole rings is 1. The lowest BCUT2D eigenvalue weighted by molar-refractivity contribution is -0.129. The molecule has 10 heteroatoms. The molecular weight excluding hydrogens is 431 g/mol. The molecule has 2 N–H and O–H groups in total. The number of nitrogens with one attached hydrogen (secondary N) is 2. The van der Waals surface area contributed by atoms with Crippen molar-refractivity contribution in [2.45, 2.75) is 19.4 Å². The minimum absolute atomic E-state index is 0.139. The van der Waals surface area contributed by atoms with Gasteiger partial charge >= 0.3 is 5.69 Å². The highest BCUT2D eigenvalue weighted by molar-refractivity contribution is 6.35. The van der Waals surface area contributed by atoms with Gasteiger partial charge in [-0.1, -0.05) is 35.3 Å². The number of hydrazine groups is 1. The fourth-order valence-electron chi connectivity index (χ4n) is 2.91. The quantitative estimate of drug-likeness (QED) is 0.427. The van der Waals surface area contributed by atoms with E-state index in [1.54, 1.807) is 43.4 Å². The number of carbonyl (C=O) groups is 2. The number of aromatic nitrogens is 2. The number of halogens is 2. The Kier molecular flexibility index (Phi) is 7.02. The van der Waals surface area contributed by atoms with E-state index < -0.39 is 5.91 Å². The van der Waals surface area contributed by atoms with E-state index in [0.29, 0.717) is 27.7 Å². The number of rotatable bonds is 7. The number of aryl methyl sites for hydroxylation is 1. The van der Waals surface area contributed by atoms with Crippen LogP contribution in [0.15, 0.2) is 47.3 Å². The number of nitrogens with zero attached hydrogens (tertiary/aromatic N) is 2. The van der Waals surface area contributed by atoms with Crippen LogP contribution in [0.4, 0.5) is 0 Å². The molecule has 8 nitrogen and oxygen atoms in total. The van der Waals surface area contributed by atoms with Crippen molar-refractivity contribution in [3.63, 3.8) is 0 Å². The second-order valence-electron chi connectivity index (χ2n) is 6.54. The maximum atomic E-state index is 12.3. The highest BCUT2D eigenvalue weighted by Crippen LogP contribution is 2.27. The summed E-state index contributed by atoms with van der Waals surface area (Å²) in [6, 6.07) is 12.0. The number of fused-ring (bicyclic) bond motifs is 1. The highest BCUT2D eigenvalue weighted by Gasteiger charge is 2.13. The number of para-hydroxylation sites is 2. The molecule has 0 fully saturated rings. The van der Waals surface area contributed by atoms with E-state index in [4.69, 9.17) is 27.9 Å². The van der Waals surface area contributed by atoms with Crippen LogP contribution in [0.3, 0.4) is 0 Å². The van der Waals surface area contributed by atoms with Crippen molar-refractivity contribution in [2.24, 2.45) is 7.05 Å². The Labute approximate surface area is 182 Å². The van der Waals surface area contributed by atoms with E-state index >= 15 is 0 Å². The summed E-state index contributed by atoms with van der Waals surface area (Å²) in [4.78, 5) is 36.4. The third-order valence-electron chi connectivity index (χ3n) is 4.39. The van der Waals surface area contributed by atoms with Crippen molar-refractivity contribution >= 4 is 46.0 Å². The summed E-state index contributed by atoms with van der Waals surface area (Å²) in [6.07, 6.45) is 0.559. The Morgan fingerprint density at radius 1 is 1.03 bits per heavy atom. The molecule has 1 heterocycles. The summed E-state index contributed by atoms with van der Waals surface area (Å²) >= 11 is 11.8. The first kappa shape index (κ1) is 21.7. The van der Waals surface area contributed by atoms with Gasteiger partial charge in [0.15, 0.2) is 0 Å². The summed E-state index contributed by atoms with van der Waals surface area (Å²) in [5.74, 6) is -0.402. The third kappa shape index (κ3) is 5.14. The van der Waals surface area contributed by atoms with Gasteiger partial charge in [-0.05, 0) is 36.8 Å². The van der Waals surface area contributed by atoms with Crippen molar-refractivity contribution < 1.29 is 14.3 Å². The first-order valence-electron chi connectivity index (χ1n) is 9.16. The van der Waals surface area contributed by atoms with Gasteiger partial charge in [0.05, 0.1) is 22.7 Å². The molecular formula is C20H20Cl2N4O4. The molecule has 1 aromatic heterocycles. The number of amides is 2. The highest BCUT2D eigenvalue weighted by atomic mass is 35.5. The van der Waals surface area contributed by atoms with Crippen molar-refractivity contribution in [3.05, 3.63) is 63.0 Å². The molecule has 0 spiro atoms. The molecule has 3 rings (SSSR count). The van der Waals surface area contributed by atoms with Crippen LogP contribution in [0.2, 0.25) is 10.0 Å². The molecule has 3 aromatic rings. The van der Waals surface area contributed by atoms with Gasteiger partial charge in [-0.3, -0.25) is 29.6 Å². The largest absolute Gasteiger partial charge is 0.492 e. The van der Waals surface area contributed by atoms with Crippen LogP contribution in [0.5, 0.6) is 5.75 Å². The first-order chi connectivity index (χ1) is 14.4. The molecule has 0 bridgehead atoms. The lowest BCUT2D eigenvalue weighted by atomic mass is 10.3. The Bertz CT molecular complexity index is 1140. The fraction of sp³-hybridized carbons (Fsp3) is 0.250. The molecule has 0 saturated heterocycles. The van der Waals surface area contributed by atoms with Crippen molar-refractivity contribution in [3.8, 4) is 5.75 Å². The normalized spacial score (nSPS) is 10.8. The lowest BCUT2D eigenvalue weighted by Crippen LogP contribution is -2.44. The van der Waals surface area contributed by atoms with Crippen LogP contribution in [-0.4, -0.2) is 27.6 Å². The van der Waals surface area contributed by atoms with E-state index in [2.05, 4.69) is 10.9 Å². The Hall–Kier alpha value is -2.97. The van der Waals surface area contributed by atoms with E-state index in [1.807, 2.05) is 6.07 Å². The van der Waals surface area contributed by atoms with Gasteiger partial charge in [0.25, 0.3) is 5.91 Å². The predicted octanol–water partition coefficient (Wildman–Crippen LogP) is 2.65. The molecule has 30 heavy (non-hydrogen) atoms. The van der Waals surface area contributed by atoms with Crippen LogP contribution in [0.1, 0.15) is 12.8 Å². The van der Waals surface area contributed by atoms with Crippen LogP contribution in [0, 0.1) is 0 Å². The molecule has 0 radical (unpaired) electrons. The number of hydrogen-bond donors (Lipinski definition) is 2. The SMILES string of the molecule is Cn1c(=O)n(CC(=O)NNC(=O)CCCOc2ccc(Cl)cc2Cl)c2ccccc21. The zero-order valence-corrected chi connectivity index (χ0v) is 17.7. The maximum absolute atomic E-state index is 12.3. The summed E-state index contributed by atoms with van der Waals surface area (Å²) in [5, 5.41) is 0.899. The number of benzene rings is 2. The zero-order chi connectivity index (χ0) is 21.7. The predicted molar refractivity (Wildman–Crippen MR) is 115 cm³/mol. The van der Waals surface area contributed by atoms with Crippen LogP contribution >= 0.6 is 23.2 Å². The van der Waals surface area contributed by atoms with Crippen molar-refractivity contribution in [1.82, 2.24) is 20.0 Å². The summed E-state index contributed by atoms with van der Waals surface area (Å²) < 4.78 is 8.32. The maximum Gasteiger partial charge on any atom is 0.329 e. The second kappa shape index (κ2) is 9.69. The molecule has 2 aromatic carbocycles. The van der Waals surface area contributed by atoms with Gasteiger partial charge in [0, 0.05) is 18.5 Å². The van der Waals surface area contributed by atoms with E-state index in [9.17, 15) is 14.4 Å². The van der Waals surface area contributed by atoms with E-state index in [1.165, 1.54) is 9.13 Å². The van der Waals surface area contributed by atoms with Crippen LogP contribution < -0.4 is 21.3 Å². The van der Waals surface area contributed by atoms with Gasteiger partial charge < -0.3 is 4.74 Å². The van der Waals surface area contributed by atoms with Crippen LogP contribution in [-0.2, 0) is 23.2 Å². The van der Waals surface area contributed by atoms with Gasteiger partial charge in [0.2, 0.25) is 5.91 Å². The van der Waals surface area contributed by atoms with Crippen molar-refractivity contribution in [1.29, 1.82) is 0 Å².